The summed E-state index contributed by atoms with van der Waals surface area (Å²) in [7, 11) is 0. The highest BCUT2D eigenvalue weighted by Gasteiger charge is 2.05. The van der Waals surface area contributed by atoms with E-state index in [2.05, 4.69) is 13.5 Å². The Balaban J connectivity index is 3.24. The number of hydrogen-bond acceptors (Lipinski definition) is 3. The van der Waals surface area contributed by atoms with E-state index in [9.17, 15) is 4.79 Å². The number of carbonyl (C=O) groups excluding carboxylic acids is 1. The van der Waals surface area contributed by atoms with Crippen molar-refractivity contribution >= 4 is 5.97 Å². The van der Waals surface area contributed by atoms with Crippen molar-refractivity contribution in [1.29, 1.82) is 0 Å². The van der Waals surface area contributed by atoms with E-state index in [0.29, 0.717) is 0 Å². The molecule has 94 valence electrons. The summed E-state index contributed by atoms with van der Waals surface area (Å²) in [5.41, 5.74) is 5.62. The summed E-state index contributed by atoms with van der Waals surface area (Å²) in [6, 6.07) is 0. The Bertz CT molecular complexity index is 192. The van der Waals surface area contributed by atoms with Gasteiger partial charge in [-0.25, -0.2) is 4.79 Å². The van der Waals surface area contributed by atoms with E-state index < -0.39 is 12.2 Å². The SMILES string of the molecule is C=CC(=O)OC(N)CCCCCCCCC. The average molecular weight is 227 g/mol. The summed E-state index contributed by atoms with van der Waals surface area (Å²) in [6.45, 7) is 5.54. The van der Waals surface area contributed by atoms with Gasteiger partial charge in [0.2, 0.25) is 0 Å². The van der Waals surface area contributed by atoms with Gasteiger partial charge in [0.1, 0.15) is 0 Å². The van der Waals surface area contributed by atoms with Crippen molar-refractivity contribution in [2.24, 2.45) is 5.73 Å². The molecular formula is C13H25NO2. The molecule has 0 aliphatic heterocycles. The Morgan fingerprint density at radius 3 is 2.38 bits per heavy atom. The predicted molar refractivity (Wildman–Crippen MR) is 66.9 cm³/mol. The topological polar surface area (TPSA) is 52.3 Å². The Kier molecular flexibility index (Phi) is 10.1. The van der Waals surface area contributed by atoms with Gasteiger partial charge in [-0.2, -0.15) is 0 Å². The first kappa shape index (κ1) is 15.2. The molecule has 0 rings (SSSR count). The highest BCUT2D eigenvalue weighted by Crippen LogP contribution is 2.09. The molecule has 0 spiro atoms. The highest BCUT2D eigenvalue weighted by molar-refractivity contribution is 5.81. The summed E-state index contributed by atoms with van der Waals surface area (Å²) in [4.78, 5) is 10.8. The molecule has 0 aromatic carbocycles. The molecule has 16 heavy (non-hydrogen) atoms. The van der Waals surface area contributed by atoms with Crippen molar-refractivity contribution in [1.82, 2.24) is 0 Å². The molecule has 3 heteroatoms. The third-order valence-electron chi connectivity index (χ3n) is 2.53. The minimum Gasteiger partial charge on any atom is -0.444 e. The zero-order valence-corrected chi connectivity index (χ0v) is 10.4. The van der Waals surface area contributed by atoms with Crippen LogP contribution in [0.1, 0.15) is 58.3 Å². The number of nitrogens with two attached hydrogens (primary N) is 1. The third-order valence-corrected chi connectivity index (χ3v) is 2.53. The van der Waals surface area contributed by atoms with Crippen LogP contribution in [0.2, 0.25) is 0 Å². The monoisotopic (exact) mass is 227 g/mol. The zero-order valence-electron chi connectivity index (χ0n) is 10.4. The Morgan fingerprint density at radius 1 is 1.25 bits per heavy atom. The second kappa shape index (κ2) is 10.7. The van der Waals surface area contributed by atoms with Gasteiger partial charge < -0.3 is 4.74 Å². The van der Waals surface area contributed by atoms with Crippen LogP contribution in [0.4, 0.5) is 0 Å². The van der Waals surface area contributed by atoms with Crippen LogP contribution in [0.3, 0.4) is 0 Å². The van der Waals surface area contributed by atoms with Crippen LogP contribution in [0.15, 0.2) is 12.7 Å². The van der Waals surface area contributed by atoms with E-state index >= 15 is 0 Å². The maximum Gasteiger partial charge on any atom is 0.331 e. The van der Waals surface area contributed by atoms with Gasteiger partial charge in [-0.3, -0.25) is 5.73 Å². The van der Waals surface area contributed by atoms with E-state index in [0.717, 1.165) is 18.9 Å². The lowest BCUT2D eigenvalue weighted by molar-refractivity contribution is -0.143. The van der Waals surface area contributed by atoms with Crippen LogP contribution in [-0.4, -0.2) is 12.2 Å². The number of ether oxygens (including phenoxy) is 1. The molecule has 0 bridgehead atoms. The number of hydrogen-bond donors (Lipinski definition) is 1. The van der Waals surface area contributed by atoms with Crippen LogP contribution < -0.4 is 5.73 Å². The maximum atomic E-state index is 10.8. The third kappa shape index (κ3) is 9.71. The molecule has 0 fully saturated rings. The minimum absolute atomic E-state index is 0.435. The lowest BCUT2D eigenvalue weighted by Gasteiger charge is -2.11. The Labute approximate surface area is 99.0 Å². The maximum absolute atomic E-state index is 10.8. The average Bonchev–Trinajstić information content (AvgIpc) is 2.27. The quantitative estimate of drug-likeness (QED) is 0.270. The van der Waals surface area contributed by atoms with Crippen LogP contribution in [0.5, 0.6) is 0 Å². The molecule has 0 saturated heterocycles. The summed E-state index contributed by atoms with van der Waals surface area (Å²) in [5.74, 6) is -0.435. The molecular weight excluding hydrogens is 202 g/mol. The van der Waals surface area contributed by atoms with Gasteiger partial charge in [-0.05, 0) is 12.8 Å². The first-order chi connectivity index (χ1) is 7.70. The first-order valence-corrected chi connectivity index (χ1v) is 6.29. The van der Waals surface area contributed by atoms with E-state index in [4.69, 9.17) is 10.5 Å². The van der Waals surface area contributed by atoms with Gasteiger partial charge >= 0.3 is 5.97 Å². The van der Waals surface area contributed by atoms with Crippen LogP contribution in [0.25, 0.3) is 0 Å². The van der Waals surface area contributed by atoms with E-state index in [1.807, 2.05) is 0 Å². The lowest BCUT2D eigenvalue weighted by Crippen LogP contribution is -2.26. The van der Waals surface area contributed by atoms with E-state index in [1.165, 1.54) is 38.5 Å². The molecule has 1 atom stereocenters. The molecule has 2 N–H and O–H groups in total. The molecule has 0 aliphatic carbocycles. The molecule has 1 unspecified atom stereocenters. The van der Waals surface area contributed by atoms with Crippen LogP contribution >= 0.6 is 0 Å². The first-order valence-electron chi connectivity index (χ1n) is 6.29. The van der Waals surface area contributed by atoms with Gasteiger partial charge in [0.05, 0.1) is 0 Å². The van der Waals surface area contributed by atoms with Crippen molar-refractivity contribution in [2.75, 3.05) is 0 Å². The molecule has 0 radical (unpaired) electrons. The Hall–Kier alpha value is -0.830. The standard InChI is InChI=1S/C13H25NO2/c1-3-5-6-7-8-9-10-11-12(14)16-13(15)4-2/h4,12H,2-3,5-11,14H2,1H3. The van der Waals surface area contributed by atoms with Crippen LogP contribution in [-0.2, 0) is 9.53 Å². The summed E-state index contributed by atoms with van der Waals surface area (Å²) in [5, 5.41) is 0. The fourth-order valence-corrected chi connectivity index (χ4v) is 1.56. The van der Waals surface area contributed by atoms with Gasteiger partial charge in [0.25, 0.3) is 0 Å². The van der Waals surface area contributed by atoms with Crippen LogP contribution in [0, 0.1) is 0 Å². The summed E-state index contributed by atoms with van der Waals surface area (Å²) in [6.07, 6.45) is 10.1. The second-order valence-corrected chi connectivity index (χ2v) is 4.09. The lowest BCUT2D eigenvalue weighted by atomic mass is 10.1. The fraction of sp³-hybridized carbons (Fsp3) is 0.769. The number of rotatable bonds is 10. The number of carbonyl (C=O) groups is 1. The van der Waals surface area contributed by atoms with Crippen molar-refractivity contribution in [3.63, 3.8) is 0 Å². The molecule has 0 aliphatic rings. The molecule has 0 saturated carbocycles. The predicted octanol–water partition coefficient (Wildman–Crippen LogP) is 3.14. The van der Waals surface area contributed by atoms with E-state index in [1.54, 1.807) is 0 Å². The molecule has 0 amide bonds. The van der Waals surface area contributed by atoms with Crippen molar-refractivity contribution in [3.05, 3.63) is 12.7 Å². The van der Waals surface area contributed by atoms with Crippen molar-refractivity contribution < 1.29 is 9.53 Å². The van der Waals surface area contributed by atoms with Crippen molar-refractivity contribution in [2.45, 2.75) is 64.5 Å². The Morgan fingerprint density at radius 2 is 1.81 bits per heavy atom. The number of esters is 1. The smallest absolute Gasteiger partial charge is 0.331 e. The summed E-state index contributed by atoms with van der Waals surface area (Å²) < 4.78 is 4.87. The van der Waals surface area contributed by atoms with Gasteiger partial charge in [-0.1, -0.05) is 52.0 Å². The second-order valence-electron chi connectivity index (χ2n) is 4.09. The summed E-state index contributed by atoms with van der Waals surface area (Å²) >= 11 is 0. The van der Waals surface area contributed by atoms with E-state index in [-0.39, 0.29) is 0 Å². The normalized spacial score (nSPS) is 12.1. The zero-order chi connectivity index (χ0) is 12.2. The van der Waals surface area contributed by atoms with Crippen molar-refractivity contribution in [3.8, 4) is 0 Å². The molecule has 3 nitrogen and oxygen atoms in total. The molecule has 0 heterocycles. The minimum atomic E-state index is -0.471. The number of unbranched alkanes of at least 4 members (excludes halogenated alkanes) is 6. The van der Waals surface area contributed by atoms with Gasteiger partial charge in [0, 0.05) is 6.08 Å². The molecule has 0 aromatic rings. The van der Waals surface area contributed by atoms with Gasteiger partial charge in [0.15, 0.2) is 6.23 Å². The highest BCUT2D eigenvalue weighted by atomic mass is 16.6. The molecule has 0 aromatic heterocycles. The largest absolute Gasteiger partial charge is 0.444 e. The fourth-order valence-electron chi connectivity index (χ4n) is 1.56. The van der Waals surface area contributed by atoms with Gasteiger partial charge in [-0.15, -0.1) is 0 Å².